The van der Waals surface area contributed by atoms with E-state index in [-0.39, 0.29) is 6.04 Å². The van der Waals surface area contributed by atoms with Gasteiger partial charge in [-0.15, -0.1) is 0 Å². The van der Waals surface area contributed by atoms with Gasteiger partial charge in [0.25, 0.3) is 0 Å². The van der Waals surface area contributed by atoms with E-state index in [1.54, 1.807) is 0 Å². The Morgan fingerprint density at radius 1 is 1.05 bits per heavy atom. The van der Waals surface area contributed by atoms with Gasteiger partial charge in [0, 0.05) is 6.04 Å². The number of aryl methyl sites for hydroxylation is 2. The van der Waals surface area contributed by atoms with Gasteiger partial charge in [-0.2, -0.15) is 0 Å². The molecule has 1 unspecified atom stereocenters. The van der Waals surface area contributed by atoms with Gasteiger partial charge in [0.2, 0.25) is 0 Å². The van der Waals surface area contributed by atoms with Crippen LogP contribution in [0.15, 0.2) is 42.5 Å². The molecule has 0 aromatic heterocycles. The molecule has 2 nitrogen and oxygen atoms in total. The van der Waals surface area contributed by atoms with Crippen molar-refractivity contribution < 1.29 is 4.74 Å². The Labute approximate surface area is 127 Å². The molecular formula is C19H25NO. The number of hydrogen-bond donors (Lipinski definition) is 1. The molecule has 0 saturated heterocycles. The van der Waals surface area contributed by atoms with Gasteiger partial charge < -0.3 is 10.5 Å². The molecule has 2 rings (SSSR count). The molecule has 0 spiro atoms. The van der Waals surface area contributed by atoms with E-state index in [9.17, 15) is 0 Å². The smallest absolute Gasteiger partial charge is 0.119 e. The van der Waals surface area contributed by atoms with Crippen LogP contribution in [-0.2, 0) is 6.42 Å². The number of rotatable bonds is 6. The Bertz CT molecular complexity index is 592. The maximum atomic E-state index is 6.36. The molecular weight excluding hydrogens is 258 g/mol. The fraction of sp³-hybridized carbons (Fsp3) is 0.368. The molecule has 2 aromatic rings. The molecule has 0 saturated carbocycles. The molecule has 112 valence electrons. The highest BCUT2D eigenvalue weighted by molar-refractivity contribution is 5.34. The van der Waals surface area contributed by atoms with Crippen molar-refractivity contribution in [1.82, 2.24) is 0 Å². The molecule has 0 aliphatic carbocycles. The third-order valence-corrected chi connectivity index (χ3v) is 3.79. The minimum absolute atomic E-state index is 0.00252. The first kappa shape index (κ1) is 15.6. The Hall–Kier alpha value is -1.80. The zero-order valence-corrected chi connectivity index (χ0v) is 13.2. The van der Waals surface area contributed by atoms with E-state index in [0.717, 1.165) is 30.8 Å². The average Bonchev–Trinajstić information content (AvgIpc) is 2.49. The minimum Gasteiger partial charge on any atom is -0.494 e. The van der Waals surface area contributed by atoms with Crippen molar-refractivity contribution in [3.63, 3.8) is 0 Å². The topological polar surface area (TPSA) is 35.2 Å². The van der Waals surface area contributed by atoms with E-state index in [1.807, 2.05) is 12.1 Å². The van der Waals surface area contributed by atoms with Gasteiger partial charge in [0.05, 0.1) is 6.61 Å². The average molecular weight is 283 g/mol. The van der Waals surface area contributed by atoms with Crippen LogP contribution in [0.1, 0.15) is 41.6 Å². The zero-order valence-electron chi connectivity index (χ0n) is 13.2. The Morgan fingerprint density at radius 2 is 1.86 bits per heavy atom. The van der Waals surface area contributed by atoms with Crippen LogP contribution in [0.5, 0.6) is 5.75 Å². The molecule has 1 atom stereocenters. The zero-order chi connectivity index (χ0) is 15.2. The Morgan fingerprint density at radius 3 is 2.57 bits per heavy atom. The summed E-state index contributed by atoms with van der Waals surface area (Å²) in [5.74, 6) is 0.907. The monoisotopic (exact) mass is 283 g/mol. The minimum atomic E-state index is -0.00252. The summed E-state index contributed by atoms with van der Waals surface area (Å²) in [5.41, 5.74) is 11.4. The van der Waals surface area contributed by atoms with Crippen molar-refractivity contribution in [1.29, 1.82) is 0 Å². The molecule has 0 amide bonds. The van der Waals surface area contributed by atoms with Crippen LogP contribution in [0.25, 0.3) is 0 Å². The Balaban J connectivity index is 2.08. The number of hydrogen-bond acceptors (Lipinski definition) is 2. The van der Waals surface area contributed by atoms with E-state index < -0.39 is 0 Å². The molecule has 0 bridgehead atoms. The van der Waals surface area contributed by atoms with E-state index >= 15 is 0 Å². The predicted octanol–water partition coefficient (Wildman–Crippen LogP) is 4.33. The predicted molar refractivity (Wildman–Crippen MR) is 88.8 cm³/mol. The summed E-state index contributed by atoms with van der Waals surface area (Å²) in [6.07, 6.45) is 1.86. The second-order valence-corrected chi connectivity index (χ2v) is 5.65. The van der Waals surface area contributed by atoms with E-state index in [0.29, 0.717) is 0 Å². The number of ether oxygens (including phenoxy) is 1. The molecule has 2 aromatic carbocycles. The van der Waals surface area contributed by atoms with E-state index in [2.05, 4.69) is 51.1 Å². The van der Waals surface area contributed by atoms with Gasteiger partial charge in [0.15, 0.2) is 0 Å². The van der Waals surface area contributed by atoms with Crippen molar-refractivity contribution in [2.45, 2.75) is 39.7 Å². The van der Waals surface area contributed by atoms with Crippen LogP contribution in [0.3, 0.4) is 0 Å². The first-order valence-electron chi connectivity index (χ1n) is 7.64. The van der Waals surface area contributed by atoms with Crippen LogP contribution in [-0.4, -0.2) is 6.61 Å². The largest absolute Gasteiger partial charge is 0.494 e. The lowest BCUT2D eigenvalue weighted by Gasteiger charge is -2.15. The second-order valence-electron chi connectivity index (χ2n) is 5.65. The number of nitrogens with two attached hydrogens (primary N) is 1. The first-order valence-corrected chi connectivity index (χ1v) is 7.64. The molecule has 0 heterocycles. The molecule has 0 aliphatic heterocycles. The van der Waals surface area contributed by atoms with Crippen molar-refractivity contribution in [3.8, 4) is 5.75 Å². The third-order valence-electron chi connectivity index (χ3n) is 3.79. The fourth-order valence-electron chi connectivity index (χ4n) is 2.36. The summed E-state index contributed by atoms with van der Waals surface area (Å²) in [6.45, 7) is 7.13. The van der Waals surface area contributed by atoms with Crippen molar-refractivity contribution >= 4 is 0 Å². The van der Waals surface area contributed by atoms with Crippen LogP contribution in [0.4, 0.5) is 0 Å². The van der Waals surface area contributed by atoms with Gasteiger partial charge in [-0.05, 0) is 61.1 Å². The Kier molecular flexibility index (Phi) is 5.40. The maximum absolute atomic E-state index is 6.36. The fourth-order valence-corrected chi connectivity index (χ4v) is 2.36. The quantitative estimate of drug-likeness (QED) is 0.856. The van der Waals surface area contributed by atoms with Crippen LogP contribution in [0, 0.1) is 13.8 Å². The van der Waals surface area contributed by atoms with Gasteiger partial charge in [-0.1, -0.05) is 37.3 Å². The van der Waals surface area contributed by atoms with Crippen LogP contribution < -0.4 is 10.5 Å². The summed E-state index contributed by atoms with van der Waals surface area (Å²) in [5, 5.41) is 0. The molecule has 0 radical (unpaired) electrons. The lowest BCUT2D eigenvalue weighted by atomic mass is 9.97. The van der Waals surface area contributed by atoms with Gasteiger partial charge in [0.1, 0.15) is 5.75 Å². The normalized spacial score (nSPS) is 12.2. The SMILES string of the molecule is CCCOc1cccc(C(N)Cc2ccc(C)c(C)c2)c1. The van der Waals surface area contributed by atoms with Gasteiger partial charge in [-0.25, -0.2) is 0 Å². The van der Waals surface area contributed by atoms with Gasteiger partial charge in [-0.3, -0.25) is 0 Å². The first-order chi connectivity index (χ1) is 10.1. The van der Waals surface area contributed by atoms with Crippen LogP contribution >= 0.6 is 0 Å². The van der Waals surface area contributed by atoms with Crippen LogP contribution in [0.2, 0.25) is 0 Å². The number of benzene rings is 2. The molecule has 2 N–H and O–H groups in total. The highest BCUT2D eigenvalue weighted by Gasteiger charge is 2.09. The van der Waals surface area contributed by atoms with E-state index in [1.165, 1.54) is 16.7 Å². The van der Waals surface area contributed by atoms with Crippen molar-refractivity contribution in [2.75, 3.05) is 6.61 Å². The van der Waals surface area contributed by atoms with E-state index in [4.69, 9.17) is 10.5 Å². The molecule has 2 heteroatoms. The lowest BCUT2D eigenvalue weighted by molar-refractivity contribution is 0.317. The molecule has 0 fully saturated rings. The second kappa shape index (κ2) is 7.28. The summed E-state index contributed by atoms with van der Waals surface area (Å²) in [6, 6.07) is 14.7. The summed E-state index contributed by atoms with van der Waals surface area (Å²) in [4.78, 5) is 0. The highest BCUT2D eigenvalue weighted by atomic mass is 16.5. The standard InChI is InChI=1S/C19H25NO/c1-4-10-21-18-7-5-6-17(13-18)19(20)12-16-9-8-14(2)15(3)11-16/h5-9,11,13,19H,4,10,12,20H2,1-3H3. The summed E-state index contributed by atoms with van der Waals surface area (Å²) in [7, 11) is 0. The van der Waals surface area contributed by atoms with Crippen molar-refractivity contribution in [3.05, 3.63) is 64.7 Å². The van der Waals surface area contributed by atoms with Crippen molar-refractivity contribution in [2.24, 2.45) is 5.73 Å². The molecule has 21 heavy (non-hydrogen) atoms. The lowest BCUT2D eigenvalue weighted by Crippen LogP contribution is -2.13. The summed E-state index contributed by atoms with van der Waals surface area (Å²) < 4.78 is 5.68. The summed E-state index contributed by atoms with van der Waals surface area (Å²) >= 11 is 0. The molecule has 0 aliphatic rings. The maximum Gasteiger partial charge on any atom is 0.119 e. The third kappa shape index (κ3) is 4.33. The van der Waals surface area contributed by atoms with Gasteiger partial charge >= 0.3 is 0 Å². The highest BCUT2D eigenvalue weighted by Crippen LogP contribution is 2.22.